The van der Waals surface area contributed by atoms with Gasteiger partial charge in [-0.3, -0.25) is 4.79 Å². The second-order valence-corrected chi connectivity index (χ2v) is 6.98. The van der Waals surface area contributed by atoms with Crippen molar-refractivity contribution in [2.24, 2.45) is 0 Å². The molecule has 0 saturated heterocycles. The summed E-state index contributed by atoms with van der Waals surface area (Å²) in [5.41, 5.74) is 1.98. The predicted octanol–water partition coefficient (Wildman–Crippen LogP) is 4.10. The Morgan fingerprint density at radius 1 is 1.12 bits per heavy atom. The minimum Gasteiger partial charge on any atom is -0.396 e. The Labute approximate surface area is 162 Å². The SMILES string of the molecule is O=C(c1ccc(Br)cc1Cl)c1cc(-n2cc(CCO)nn2)ccc1Cl. The van der Waals surface area contributed by atoms with Gasteiger partial charge in [-0.2, -0.15) is 0 Å². The average Bonchev–Trinajstić information content (AvgIpc) is 3.04. The quantitative estimate of drug-likeness (QED) is 0.606. The highest BCUT2D eigenvalue weighted by molar-refractivity contribution is 9.10. The fourth-order valence-corrected chi connectivity index (χ4v) is 3.26. The van der Waals surface area contributed by atoms with Crippen LogP contribution in [-0.2, 0) is 6.42 Å². The van der Waals surface area contributed by atoms with E-state index in [0.29, 0.717) is 39.0 Å². The van der Waals surface area contributed by atoms with Gasteiger partial charge >= 0.3 is 0 Å². The van der Waals surface area contributed by atoms with E-state index in [2.05, 4.69) is 26.2 Å². The van der Waals surface area contributed by atoms with Crippen LogP contribution in [0.2, 0.25) is 10.0 Å². The molecule has 5 nitrogen and oxygen atoms in total. The Hall–Kier alpha value is -1.73. The molecule has 0 aliphatic rings. The maximum absolute atomic E-state index is 12.8. The molecular formula is C17H12BrCl2N3O2. The summed E-state index contributed by atoms with van der Waals surface area (Å²) in [6.45, 7) is -0.00882. The molecule has 128 valence electrons. The van der Waals surface area contributed by atoms with Crippen molar-refractivity contribution < 1.29 is 9.90 Å². The molecule has 8 heteroatoms. The highest BCUT2D eigenvalue weighted by atomic mass is 79.9. The molecule has 0 spiro atoms. The Kier molecular flexibility index (Phi) is 5.54. The first-order chi connectivity index (χ1) is 12.0. The van der Waals surface area contributed by atoms with E-state index < -0.39 is 0 Å². The van der Waals surface area contributed by atoms with Crippen LogP contribution in [0.25, 0.3) is 5.69 Å². The van der Waals surface area contributed by atoms with E-state index in [9.17, 15) is 4.79 Å². The van der Waals surface area contributed by atoms with Crippen molar-refractivity contribution in [1.82, 2.24) is 15.0 Å². The van der Waals surface area contributed by atoms with E-state index in [1.807, 2.05) is 0 Å². The molecule has 1 N–H and O–H groups in total. The van der Waals surface area contributed by atoms with Gasteiger partial charge in [0.15, 0.2) is 5.78 Å². The number of hydrogen-bond acceptors (Lipinski definition) is 4. The number of nitrogens with zero attached hydrogens (tertiary/aromatic N) is 3. The lowest BCUT2D eigenvalue weighted by Crippen LogP contribution is -2.05. The number of hydrogen-bond donors (Lipinski definition) is 1. The summed E-state index contributed by atoms with van der Waals surface area (Å²) in [5.74, 6) is -0.278. The third-order valence-electron chi connectivity index (χ3n) is 3.54. The first-order valence-corrected chi connectivity index (χ1v) is 8.86. The van der Waals surface area contributed by atoms with Crippen LogP contribution < -0.4 is 0 Å². The average molecular weight is 441 g/mol. The molecule has 1 heterocycles. The second kappa shape index (κ2) is 7.66. The molecule has 3 aromatic rings. The van der Waals surface area contributed by atoms with Gasteiger partial charge in [-0.25, -0.2) is 4.68 Å². The van der Waals surface area contributed by atoms with E-state index >= 15 is 0 Å². The van der Waals surface area contributed by atoms with Crippen LogP contribution in [-0.4, -0.2) is 32.5 Å². The van der Waals surface area contributed by atoms with Gasteiger partial charge in [0.1, 0.15) is 0 Å². The molecule has 0 saturated carbocycles. The van der Waals surface area contributed by atoms with Crippen LogP contribution in [0.3, 0.4) is 0 Å². The maximum Gasteiger partial charge on any atom is 0.196 e. The van der Waals surface area contributed by atoms with Crippen LogP contribution in [0.1, 0.15) is 21.6 Å². The number of aliphatic hydroxyl groups is 1. The molecule has 0 amide bonds. The van der Waals surface area contributed by atoms with E-state index in [1.165, 1.54) is 4.68 Å². The highest BCUT2D eigenvalue weighted by Gasteiger charge is 2.17. The zero-order valence-corrected chi connectivity index (χ0v) is 15.9. The second-order valence-electron chi connectivity index (χ2n) is 5.25. The van der Waals surface area contributed by atoms with Gasteiger partial charge in [0.05, 0.1) is 27.6 Å². The first kappa shape index (κ1) is 18.1. The zero-order chi connectivity index (χ0) is 18.0. The standard InChI is InChI=1S/C17H12BrCl2N3O2/c18-10-1-3-13(16(20)7-10)17(25)14-8-12(2-4-15(14)19)23-9-11(5-6-24)21-22-23/h1-4,7-9,24H,5-6H2. The van der Waals surface area contributed by atoms with Gasteiger partial charge in [-0.15, -0.1) is 5.10 Å². The van der Waals surface area contributed by atoms with Crippen molar-refractivity contribution >= 4 is 44.9 Å². The number of rotatable bonds is 5. The van der Waals surface area contributed by atoms with Crippen molar-refractivity contribution in [3.05, 3.63) is 73.9 Å². The topological polar surface area (TPSA) is 68.0 Å². The van der Waals surface area contributed by atoms with E-state index in [4.69, 9.17) is 28.3 Å². The number of halogens is 3. The summed E-state index contributed by atoms with van der Waals surface area (Å²) in [6, 6.07) is 10.1. The summed E-state index contributed by atoms with van der Waals surface area (Å²) in [4.78, 5) is 12.8. The molecule has 2 aromatic carbocycles. The van der Waals surface area contributed by atoms with Crippen LogP contribution in [0.15, 0.2) is 47.1 Å². The Morgan fingerprint density at radius 3 is 2.64 bits per heavy atom. The van der Waals surface area contributed by atoms with E-state index in [-0.39, 0.29) is 12.4 Å². The van der Waals surface area contributed by atoms with Crippen molar-refractivity contribution in [3.63, 3.8) is 0 Å². The summed E-state index contributed by atoms with van der Waals surface area (Å²) >= 11 is 15.7. The van der Waals surface area contributed by atoms with Gasteiger partial charge in [0.2, 0.25) is 0 Å². The van der Waals surface area contributed by atoms with Gasteiger partial charge in [0, 0.05) is 28.6 Å². The highest BCUT2D eigenvalue weighted by Crippen LogP contribution is 2.27. The molecule has 1 aromatic heterocycles. The minimum absolute atomic E-state index is 0.00882. The van der Waals surface area contributed by atoms with Crippen molar-refractivity contribution in [2.45, 2.75) is 6.42 Å². The Morgan fingerprint density at radius 2 is 1.92 bits per heavy atom. The summed E-state index contributed by atoms with van der Waals surface area (Å²) < 4.78 is 2.31. The fraction of sp³-hybridized carbons (Fsp3) is 0.118. The van der Waals surface area contributed by atoms with E-state index in [0.717, 1.165) is 4.47 Å². The summed E-state index contributed by atoms with van der Waals surface area (Å²) in [5, 5.41) is 17.6. The number of aliphatic hydroxyl groups excluding tert-OH is 1. The number of benzene rings is 2. The molecule has 3 rings (SSSR count). The smallest absolute Gasteiger partial charge is 0.196 e. The summed E-state index contributed by atoms with van der Waals surface area (Å²) in [7, 11) is 0. The van der Waals surface area contributed by atoms with Crippen LogP contribution in [0.4, 0.5) is 0 Å². The largest absolute Gasteiger partial charge is 0.396 e. The molecule has 0 unspecified atom stereocenters. The number of carbonyl (C=O) groups is 1. The van der Waals surface area contributed by atoms with Crippen LogP contribution in [0.5, 0.6) is 0 Å². The van der Waals surface area contributed by atoms with Crippen LogP contribution in [0, 0.1) is 0 Å². The molecule has 0 aliphatic carbocycles. The van der Waals surface area contributed by atoms with E-state index in [1.54, 1.807) is 42.6 Å². The third kappa shape index (κ3) is 3.93. The van der Waals surface area contributed by atoms with Crippen molar-refractivity contribution in [3.8, 4) is 5.69 Å². The van der Waals surface area contributed by atoms with Crippen molar-refractivity contribution in [1.29, 1.82) is 0 Å². The lowest BCUT2D eigenvalue weighted by molar-refractivity contribution is 0.103. The zero-order valence-electron chi connectivity index (χ0n) is 12.8. The lowest BCUT2D eigenvalue weighted by Gasteiger charge is -2.08. The van der Waals surface area contributed by atoms with Crippen LogP contribution >= 0.6 is 39.1 Å². The first-order valence-electron chi connectivity index (χ1n) is 7.31. The Bertz CT molecular complexity index is 943. The number of carbonyl (C=O) groups excluding carboxylic acids is 1. The molecule has 0 radical (unpaired) electrons. The third-order valence-corrected chi connectivity index (χ3v) is 4.68. The maximum atomic E-state index is 12.8. The predicted molar refractivity (Wildman–Crippen MR) is 99.7 cm³/mol. The molecule has 25 heavy (non-hydrogen) atoms. The molecule has 0 aliphatic heterocycles. The minimum atomic E-state index is -0.278. The number of ketones is 1. The molecular weight excluding hydrogens is 429 g/mol. The van der Waals surface area contributed by atoms with Gasteiger partial charge in [-0.1, -0.05) is 44.3 Å². The monoisotopic (exact) mass is 439 g/mol. The molecule has 0 atom stereocenters. The molecule has 0 fully saturated rings. The fourth-order valence-electron chi connectivity index (χ4n) is 2.30. The van der Waals surface area contributed by atoms with Gasteiger partial charge in [0.25, 0.3) is 0 Å². The van der Waals surface area contributed by atoms with Crippen molar-refractivity contribution in [2.75, 3.05) is 6.61 Å². The van der Waals surface area contributed by atoms with Gasteiger partial charge in [-0.05, 0) is 36.4 Å². The lowest BCUT2D eigenvalue weighted by atomic mass is 10.0. The Balaban J connectivity index is 2.00. The van der Waals surface area contributed by atoms with Gasteiger partial charge < -0.3 is 5.11 Å². The summed E-state index contributed by atoms with van der Waals surface area (Å²) in [6.07, 6.45) is 2.11. The number of aromatic nitrogens is 3. The molecule has 0 bridgehead atoms. The normalized spacial score (nSPS) is 10.9.